The van der Waals surface area contributed by atoms with Crippen molar-refractivity contribution in [1.29, 1.82) is 0 Å². The quantitative estimate of drug-likeness (QED) is 0.712. The molecule has 27 heavy (non-hydrogen) atoms. The monoisotopic (exact) mass is 447 g/mol. The van der Waals surface area contributed by atoms with E-state index in [1.54, 1.807) is 42.5 Å². The number of rotatable bonds is 4. The van der Waals surface area contributed by atoms with Crippen molar-refractivity contribution in [3.63, 3.8) is 0 Å². The number of hydrogen-bond donors (Lipinski definition) is 0. The molecule has 0 N–H and O–H groups in total. The van der Waals surface area contributed by atoms with Gasteiger partial charge < -0.3 is 0 Å². The van der Waals surface area contributed by atoms with Gasteiger partial charge in [0.15, 0.2) is 0 Å². The molecule has 1 fully saturated rings. The van der Waals surface area contributed by atoms with E-state index in [1.807, 2.05) is 0 Å². The normalized spacial score (nSPS) is 17.1. The summed E-state index contributed by atoms with van der Waals surface area (Å²) in [5.41, 5.74) is 1.60. The van der Waals surface area contributed by atoms with Crippen molar-refractivity contribution in [2.24, 2.45) is 0 Å². The topological polar surface area (TPSA) is 71.5 Å². The van der Waals surface area contributed by atoms with Gasteiger partial charge in [0, 0.05) is 29.4 Å². The summed E-state index contributed by atoms with van der Waals surface area (Å²) in [4.78, 5) is 0.178. The molecule has 0 aliphatic carbocycles. The predicted octanol–water partition coefficient (Wildman–Crippen LogP) is 3.86. The number of nitrogens with zero attached hydrogens (tertiary/aromatic N) is 1. The first-order chi connectivity index (χ1) is 12.6. The van der Waals surface area contributed by atoms with E-state index in [4.69, 9.17) is 23.2 Å². The molecule has 3 rings (SSSR count). The fraction of sp³-hybridized carbons (Fsp3) is 0.333. The number of sulfone groups is 1. The third-order valence-electron chi connectivity index (χ3n) is 4.69. The molecule has 0 bridgehead atoms. The maximum Gasteiger partial charge on any atom is 0.243 e. The number of hydrogen-bond acceptors (Lipinski definition) is 4. The molecule has 1 saturated heterocycles. The number of halogens is 2. The Morgan fingerprint density at radius 3 is 1.85 bits per heavy atom. The van der Waals surface area contributed by atoms with Crippen LogP contribution in [0.25, 0.3) is 11.1 Å². The van der Waals surface area contributed by atoms with E-state index < -0.39 is 25.1 Å². The minimum absolute atomic E-state index is 0.178. The number of piperidine rings is 1. The summed E-state index contributed by atoms with van der Waals surface area (Å²) in [6.07, 6.45) is 1.83. The smallest absolute Gasteiger partial charge is 0.229 e. The highest BCUT2D eigenvalue weighted by Crippen LogP contribution is 2.29. The Kier molecular flexibility index (Phi) is 5.89. The average Bonchev–Trinajstić information content (AvgIpc) is 2.60. The van der Waals surface area contributed by atoms with Gasteiger partial charge in [0.2, 0.25) is 10.0 Å². The van der Waals surface area contributed by atoms with Gasteiger partial charge in [-0.1, -0.05) is 35.3 Å². The lowest BCUT2D eigenvalue weighted by Gasteiger charge is -2.30. The first-order valence-electron chi connectivity index (χ1n) is 8.33. The maximum absolute atomic E-state index is 12.8. The lowest BCUT2D eigenvalue weighted by molar-refractivity contribution is 0.346. The van der Waals surface area contributed by atoms with Gasteiger partial charge in [-0.3, -0.25) is 0 Å². The van der Waals surface area contributed by atoms with Gasteiger partial charge in [-0.25, -0.2) is 16.8 Å². The third kappa shape index (κ3) is 4.66. The van der Waals surface area contributed by atoms with Crippen molar-refractivity contribution in [2.75, 3.05) is 19.3 Å². The molecule has 1 heterocycles. The Morgan fingerprint density at radius 2 is 1.37 bits per heavy atom. The minimum Gasteiger partial charge on any atom is -0.229 e. The highest BCUT2D eigenvalue weighted by atomic mass is 35.5. The van der Waals surface area contributed by atoms with Crippen LogP contribution in [0.3, 0.4) is 0 Å². The van der Waals surface area contributed by atoms with Crippen molar-refractivity contribution in [3.05, 3.63) is 52.5 Å². The highest BCUT2D eigenvalue weighted by molar-refractivity contribution is 7.91. The second-order valence-corrected chi connectivity index (χ2v) is 11.8. The molecule has 2 aromatic rings. The fourth-order valence-corrected chi connectivity index (χ4v) is 6.25. The van der Waals surface area contributed by atoms with Crippen LogP contribution in [0.4, 0.5) is 0 Å². The molecular formula is C18H19Cl2NO4S2. The van der Waals surface area contributed by atoms with Crippen LogP contribution in [-0.2, 0) is 19.9 Å². The van der Waals surface area contributed by atoms with Gasteiger partial charge in [0.1, 0.15) is 9.84 Å². The molecule has 0 saturated carbocycles. The summed E-state index contributed by atoms with van der Waals surface area (Å²) < 4.78 is 50.3. The van der Waals surface area contributed by atoms with E-state index in [-0.39, 0.29) is 18.0 Å². The summed E-state index contributed by atoms with van der Waals surface area (Å²) >= 11 is 12.0. The average molecular weight is 448 g/mol. The molecule has 9 heteroatoms. The van der Waals surface area contributed by atoms with Crippen molar-refractivity contribution in [1.82, 2.24) is 4.31 Å². The summed E-state index contributed by atoms with van der Waals surface area (Å²) in [6.45, 7) is 0.400. The highest BCUT2D eigenvalue weighted by Gasteiger charge is 2.33. The van der Waals surface area contributed by atoms with Gasteiger partial charge in [-0.05, 0) is 54.3 Å². The Bertz CT molecular complexity index is 1020. The summed E-state index contributed by atoms with van der Waals surface area (Å²) in [5, 5.41) is 0.532. The lowest BCUT2D eigenvalue weighted by Crippen LogP contribution is -2.42. The molecule has 0 amide bonds. The number of benzene rings is 2. The van der Waals surface area contributed by atoms with Crippen LogP contribution in [0.15, 0.2) is 47.4 Å². The van der Waals surface area contributed by atoms with E-state index in [1.165, 1.54) is 10.6 Å². The van der Waals surface area contributed by atoms with E-state index in [0.29, 0.717) is 22.9 Å². The van der Waals surface area contributed by atoms with Crippen molar-refractivity contribution >= 4 is 43.1 Å². The molecule has 0 spiro atoms. The number of sulfonamides is 1. The first kappa shape index (κ1) is 20.6. The molecule has 0 aromatic heterocycles. The van der Waals surface area contributed by atoms with Crippen LogP contribution in [-0.4, -0.2) is 45.7 Å². The molecular weight excluding hydrogens is 429 g/mol. The predicted molar refractivity (Wildman–Crippen MR) is 109 cm³/mol. The second-order valence-electron chi connectivity index (χ2n) is 6.62. The fourth-order valence-electron chi connectivity index (χ4n) is 3.19. The molecule has 1 aliphatic heterocycles. The van der Waals surface area contributed by atoms with E-state index in [0.717, 1.165) is 11.1 Å². The SMILES string of the molecule is CS(=O)(=O)C1CCN(S(=O)(=O)c2ccc(-c3cc(Cl)cc(Cl)c3)cc2)CC1. The van der Waals surface area contributed by atoms with E-state index >= 15 is 0 Å². The Morgan fingerprint density at radius 1 is 0.852 bits per heavy atom. The van der Waals surface area contributed by atoms with Crippen molar-refractivity contribution in [2.45, 2.75) is 23.0 Å². The van der Waals surface area contributed by atoms with Crippen LogP contribution in [0.2, 0.25) is 10.0 Å². The van der Waals surface area contributed by atoms with Crippen molar-refractivity contribution in [3.8, 4) is 11.1 Å². The summed E-state index contributed by atoms with van der Waals surface area (Å²) in [6, 6.07) is 11.6. The lowest BCUT2D eigenvalue weighted by atomic mass is 10.1. The minimum atomic E-state index is -3.66. The molecule has 0 atom stereocenters. The van der Waals surface area contributed by atoms with Crippen LogP contribution < -0.4 is 0 Å². The summed E-state index contributed by atoms with van der Waals surface area (Å²) in [5.74, 6) is 0. The molecule has 0 radical (unpaired) electrons. The molecule has 2 aromatic carbocycles. The van der Waals surface area contributed by atoms with Gasteiger partial charge in [-0.15, -0.1) is 0 Å². The zero-order valence-electron chi connectivity index (χ0n) is 14.6. The van der Waals surface area contributed by atoms with Crippen molar-refractivity contribution < 1.29 is 16.8 Å². The molecule has 146 valence electrons. The largest absolute Gasteiger partial charge is 0.243 e. The van der Waals surface area contributed by atoms with Gasteiger partial charge >= 0.3 is 0 Å². The van der Waals surface area contributed by atoms with Gasteiger partial charge in [0.05, 0.1) is 10.1 Å². The zero-order chi connectivity index (χ0) is 19.8. The molecule has 5 nitrogen and oxygen atoms in total. The van der Waals surface area contributed by atoms with Gasteiger partial charge in [0.25, 0.3) is 0 Å². The Hall–Kier alpha value is -1.12. The molecule has 1 aliphatic rings. The first-order valence-corrected chi connectivity index (χ1v) is 12.5. The third-order valence-corrected chi connectivity index (χ3v) is 8.73. The zero-order valence-corrected chi connectivity index (χ0v) is 17.7. The van der Waals surface area contributed by atoms with Crippen LogP contribution in [0.5, 0.6) is 0 Å². The van der Waals surface area contributed by atoms with Gasteiger partial charge in [-0.2, -0.15) is 4.31 Å². The Balaban J connectivity index is 1.80. The van der Waals surface area contributed by atoms with Crippen LogP contribution in [0.1, 0.15) is 12.8 Å². The van der Waals surface area contributed by atoms with E-state index in [2.05, 4.69) is 0 Å². The second kappa shape index (κ2) is 7.72. The maximum atomic E-state index is 12.8. The standard InChI is InChI=1S/C18H19Cl2NO4S2/c1-26(22,23)17-6-8-21(9-7-17)27(24,25)18-4-2-13(3-5-18)14-10-15(19)12-16(20)11-14/h2-5,10-12,17H,6-9H2,1H3. The van der Waals surface area contributed by atoms with Crippen LogP contribution in [0, 0.1) is 0 Å². The Labute approximate surface area is 169 Å². The van der Waals surface area contributed by atoms with E-state index in [9.17, 15) is 16.8 Å². The van der Waals surface area contributed by atoms with Crippen LogP contribution >= 0.6 is 23.2 Å². The molecule has 0 unspecified atom stereocenters. The summed E-state index contributed by atoms with van der Waals surface area (Å²) in [7, 11) is -6.81.